The summed E-state index contributed by atoms with van der Waals surface area (Å²) >= 11 is 6.16. The lowest BCUT2D eigenvalue weighted by Gasteiger charge is -2.40. The fraction of sp³-hybridized carbons (Fsp3) is 0.435. The van der Waals surface area contributed by atoms with Gasteiger partial charge in [-0.15, -0.1) is 0 Å². The molecular weight excluding hydrogens is 354 g/mol. The van der Waals surface area contributed by atoms with E-state index in [1.165, 1.54) is 48.1 Å². The predicted octanol–water partition coefficient (Wildman–Crippen LogP) is 6.30. The van der Waals surface area contributed by atoms with E-state index < -0.39 is 0 Å². The van der Waals surface area contributed by atoms with Crippen molar-refractivity contribution in [3.63, 3.8) is 0 Å². The van der Waals surface area contributed by atoms with E-state index in [1.54, 1.807) is 0 Å². The monoisotopic (exact) mass is 381 g/mol. The highest BCUT2D eigenvalue weighted by Crippen LogP contribution is 2.40. The summed E-state index contributed by atoms with van der Waals surface area (Å²) in [6, 6.07) is 12.5. The Morgan fingerprint density at radius 3 is 2.52 bits per heavy atom. The van der Waals surface area contributed by atoms with E-state index in [1.807, 2.05) is 18.2 Å². The van der Waals surface area contributed by atoms with Gasteiger partial charge in [0.25, 0.3) is 0 Å². The van der Waals surface area contributed by atoms with Crippen molar-refractivity contribution in [1.82, 2.24) is 5.32 Å². The Balaban J connectivity index is 1.68. The summed E-state index contributed by atoms with van der Waals surface area (Å²) in [6.45, 7) is 5.07. The summed E-state index contributed by atoms with van der Waals surface area (Å²) in [6.07, 6.45) is 7.35. The van der Waals surface area contributed by atoms with Crippen LogP contribution in [0.5, 0.6) is 0 Å². The molecule has 1 saturated carbocycles. The second-order valence-corrected chi connectivity index (χ2v) is 8.46. The molecule has 0 bridgehead atoms. The predicted molar refractivity (Wildman–Crippen MR) is 115 cm³/mol. The lowest BCUT2D eigenvalue weighted by molar-refractivity contribution is 0.510. The Morgan fingerprint density at radius 2 is 1.78 bits per heavy atom. The number of anilines is 1. The summed E-state index contributed by atoms with van der Waals surface area (Å²) in [5.41, 5.74) is 5.92. The van der Waals surface area contributed by atoms with Crippen LogP contribution in [-0.2, 0) is 6.54 Å². The topological polar surface area (TPSA) is 36.4 Å². The van der Waals surface area contributed by atoms with Crippen LogP contribution in [0.2, 0.25) is 5.02 Å². The largest absolute Gasteiger partial charge is 0.371 e. The quantitative estimate of drug-likeness (QED) is 0.640. The number of rotatable bonds is 2. The van der Waals surface area contributed by atoms with E-state index in [0.29, 0.717) is 0 Å². The van der Waals surface area contributed by atoms with Gasteiger partial charge in [-0.25, -0.2) is 4.99 Å². The molecule has 1 aliphatic carbocycles. The number of benzene rings is 2. The molecule has 142 valence electrons. The first-order valence-corrected chi connectivity index (χ1v) is 10.4. The van der Waals surface area contributed by atoms with Gasteiger partial charge in [0.05, 0.1) is 16.9 Å². The van der Waals surface area contributed by atoms with Crippen LogP contribution >= 0.6 is 11.6 Å². The van der Waals surface area contributed by atoms with Gasteiger partial charge in [0.1, 0.15) is 5.84 Å². The lowest BCUT2D eigenvalue weighted by atomic mass is 9.86. The maximum atomic E-state index is 6.16. The van der Waals surface area contributed by atoms with Crippen LogP contribution in [0.3, 0.4) is 0 Å². The standard InChI is InChI=1S/C23H28ClN3/c1-16-12-20-21(13-17(16)2)27-23(10-5-3-4-6-11-23)22(26-20)25-15-18-8-7-9-19(24)14-18/h7-9,12-14,27H,3-6,10-11,15H2,1-2H3,(H,25,26). The molecule has 2 aromatic rings. The molecule has 1 aliphatic heterocycles. The second-order valence-electron chi connectivity index (χ2n) is 8.02. The Hall–Kier alpha value is -2.00. The number of hydrogen-bond donors (Lipinski definition) is 2. The van der Waals surface area contributed by atoms with E-state index in [9.17, 15) is 0 Å². The molecule has 0 amide bonds. The number of nitrogens with zero attached hydrogens (tertiary/aromatic N) is 1. The molecule has 2 aromatic carbocycles. The molecule has 1 spiro atoms. The van der Waals surface area contributed by atoms with Crippen LogP contribution in [-0.4, -0.2) is 11.4 Å². The summed E-state index contributed by atoms with van der Waals surface area (Å²) < 4.78 is 0. The average molecular weight is 382 g/mol. The van der Waals surface area contributed by atoms with Gasteiger partial charge in [0.2, 0.25) is 0 Å². The van der Waals surface area contributed by atoms with E-state index in [4.69, 9.17) is 16.6 Å². The summed E-state index contributed by atoms with van der Waals surface area (Å²) in [7, 11) is 0. The number of nitrogens with one attached hydrogen (secondary N) is 2. The van der Waals surface area contributed by atoms with Crippen molar-refractivity contribution in [2.45, 2.75) is 64.5 Å². The summed E-state index contributed by atoms with van der Waals surface area (Å²) in [4.78, 5) is 5.11. The molecule has 0 unspecified atom stereocenters. The smallest absolute Gasteiger partial charge is 0.128 e. The average Bonchev–Trinajstić information content (AvgIpc) is 2.88. The molecule has 2 aliphatic rings. The van der Waals surface area contributed by atoms with Gasteiger partial charge < -0.3 is 10.6 Å². The fourth-order valence-electron chi connectivity index (χ4n) is 4.27. The van der Waals surface area contributed by atoms with E-state index in [2.05, 4.69) is 42.7 Å². The summed E-state index contributed by atoms with van der Waals surface area (Å²) in [5, 5.41) is 8.33. The zero-order chi connectivity index (χ0) is 18.9. The number of hydrogen-bond acceptors (Lipinski definition) is 3. The molecule has 2 N–H and O–H groups in total. The normalized spacial score (nSPS) is 18.3. The van der Waals surface area contributed by atoms with Gasteiger partial charge in [0, 0.05) is 11.6 Å². The number of halogens is 1. The molecule has 4 heteroatoms. The number of aryl methyl sites for hydroxylation is 2. The molecular formula is C23H28ClN3. The molecule has 0 aromatic heterocycles. The first kappa shape index (κ1) is 18.4. The lowest BCUT2D eigenvalue weighted by Crippen LogP contribution is -2.53. The van der Waals surface area contributed by atoms with Gasteiger partial charge >= 0.3 is 0 Å². The molecule has 1 heterocycles. The first-order valence-electron chi connectivity index (χ1n) is 10.0. The van der Waals surface area contributed by atoms with Crippen LogP contribution in [0, 0.1) is 13.8 Å². The van der Waals surface area contributed by atoms with Crippen LogP contribution in [0.1, 0.15) is 55.2 Å². The van der Waals surface area contributed by atoms with E-state index in [0.717, 1.165) is 35.9 Å². The highest BCUT2D eigenvalue weighted by Gasteiger charge is 2.39. The maximum absolute atomic E-state index is 6.16. The van der Waals surface area contributed by atoms with Crippen molar-refractivity contribution in [3.8, 4) is 0 Å². The third-order valence-corrected chi connectivity index (χ3v) is 6.21. The SMILES string of the molecule is Cc1cc2c(cc1C)NC1(CCCCCC1)C(NCc1cccc(Cl)c1)=N2. The van der Waals surface area contributed by atoms with Crippen molar-refractivity contribution < 1.29 is 0 Å². The van der Waals surface area contributed by atoms with Gasteiger partial charge in [-0.3, -0.25) is 0 Å². The zero-order valence-corrected chi connectivity index (χ0v) is 17.0. The van der Waals surface area contributed by atoms with Crippen LogP contribution in [0.4, 0.5) is 11.4 Å². The van der Waals surface area contributed by atoms with Crippen molar-refractivity contribution in [2.75, 3.05) is 5.32 Å². The number of fused-ring (bicyclic) bond motifs is 1. The van der Waals surface area contributed by atoms with Crippen molar-refractivity contribution in [2.24, 2.45) is 4.99 Å². The minimum absolute atomic E-state index is 0.0796. The Morgan fingerprint density at radius 1 is 1.04 bits per heavy atom. The Labute approximate surface area is 167 Å². The highest BCUT2D eigenvalue weighted by molar-refractivity contribution is 6.30. The molecule has 1 fully saturated rings. The van der Waals surface area contributed by atoms with Crippen molar-refractivity contribution in [1.29, 1.82) is 0 Å². The first-order chi connectivity index (χ1) is 13.1. The maximum Gasteiger partial charge on any atom is 0.128 e. The molecule has 0 atom stereocenters. The third kappa shape index (κ3) is 3.84. The third-order valence-electron chi connectivity index (χ3n) is 5.98. The molecule has 0 radical (unpaired) electrons. The van der Waals surface area contributed by atoms with Crippen LogP contribution in [0.25, 0.3) is 0 Å². The second kappa shape index (κ2) is 7.55. The minimum Gasteiger partial charge on any atom is -0.371 e. The van der Waals surface area contributed by atoms with Crippen LogP contribution in [0.15, 0.2) is 41.4 Å². The van der Waals surface area contributed by atoms with Crippen molar-refractivity contribution >= 4 is 28.8 Å². The molecule has 0 saturated heterocycles. The highest BCUT2D eigenvalue weighted by atomic mass is 35.5. The van der Waals surface area contributed by atoms with Crippen LogP contribution < -0.4 is 10.6 Å². The van der Waals surface area contributed by atoms with E-state index >= 15 is 0 Å². The number of amidine groups is 1. The van der Waals surface area contributed by atoms with E-state index in [-0.39, 0.29) is 5.54 Å². The van der Waals surface area contributed by atoms with Gasteiger partial charge in [0.15, 0.2) is 0 Å². The summed E-state index contributed by atoms with van der Waals surface area (Å²) in [5.74, 6) is 1.08. The number of aliphatic imine (C=N–C) groups is 1. The minimum atomic E-state index is -0.0796. The van der Waals surface area contributed by atoms with Gasteiger partial charge in [-0.05, 0) is 67.6 Å². The molecule has 3 nitrogen and oxygen atoms in total. The van der Waals surface area contributed by atoms with Gasteiger partial charge in [-0.1, -0.05) is 49.4 Å². The molecule has 27 heavy (non-hydrogen) atoms. The fourth-order valence-corrected chi connectivity index (χ4v) is 4.49. The molecule has 4 rings (SSSR count). The Kier molecular flexibility index (Phi) is 5.14. The van der Waals surface area contributed by atoms with Gasteiger partial charge in [-0.2, -0.15) is 0 Å². The van der Waals surface area contributed by atoms with Crippen molar-refractivity contribution in [3.05, 3.63) is 58.1 Å². The zero-order valence-electron chi connectivity index (χ0n) is 16.2. The Bertz CT molecular complexity index is 864.